The highest BCUT2D eigenvalue weighted by Crippen LogP contribution is 2.25. The van der Waals surface area contributed by atoms with Crippen molar-refractivity contribution in [3.05, 3.63) is 96.5 Å². The van der Waals surface area contributed by atoms with Gasteiger partial charge in [-0.25, -0.2) is 9.37 Å². The third-order valence-electron chi connectivity index (χ3n) is 5.11. The molecule has 172 valence electrons. The van der Waals surface area contributed by atoms with Gasteiger partial charge in [0.25, 0.3) is 0 Å². The van der Waals surface area contributed by atoms with Crippen LogP contribution < -0.4 is 10.1 Å². The molecule has 34 heavy (non-hydrogen) atoms. The number of ether oxygens (including phenoxy) is 1. The lowest BCUT2D eigenvalue weighted by atomic mass is 10.0. The summed E-state index contributed by atoms with van der Waals surface area (Å²) in [4.78, 5) is 36.1. The Morgan fingerprint density at radius 2 is 1.74 bits per heavy atom. The molecule has 0 fully saturated rings. The maximum Gasteiger partial charge on any atom is 0.217 e. The molecule has 0 radical (unpaired) electrons. The van der Waals surface area contributed by atoms with Crippen molar-refractivity contribution in [3.8, 4) is 22.8 Å². The number of H-pyrrole nitrogens is 1. The number of hydrogen-bond donors (Lipinski definition) is 2. The number of amides is 1. The summed E-state index contributed by atoms with van der Waals surface area (Å²) in [6.45, 7) is 1.38. The van der Waals surface area contributed by atoms with Gasteiger partial charge in [-0.05, 0) is 60.7 Å². The van der Waals surface area contributed by atoms with Gasteiger partial charge >= 0.3 is 0 Å². The standard InChI is InChI=1S/C26H23FN4O3/c1-17(32)30-25(13-21-15-28-16-29-21)26(33)14-20-3-2-4-24(31-20)18-5-9-22(10-6-18)34-23-11-7-19(27)8-12-23/h2-12,15-16,25H,13-14H2,1H3,(H,28,29)(H,30,32)/t25-/m0/s1. The molecule has 4 rings (SSSR count). The van der Waals surface area contributed by atoms with Gasteiger partial charge in [0.2, 0.25) is 5.91 Å². The van der Waals surface area contributed by atoms with E-state index in [0.29, 0.717) is 29.3 Å². The van der Waals surface area contributed by atoms with E-state index in [-0.39, 0.29) is 23.9 Å². The van der Waals surface area contributed by atoms with Gasteiger partial charge in [-0.1, -0.05) is 6.07 Å². The number of Topliss-reactive ketones (excluding diaryl/α,β-unsaturated/α-hetero) is 1. The van der Waals surface area contributed by atoms with Crippen molar-refractivity contribution in [1.82, 2.24) is 20.3 Å². The smallest absolute Gasteiger partial charge is 0.217 e. The number of carbonyl (C=O) groups excluding carboxylic acids is 2. The van der Waals surface area contributed by atoms with Gasteiger partial charge in [0, 0.05) is 36.5 Å². The fraction of sp³-hybridized carbons (Fsp3) is 0.154. The summed E-state index contributed by atoms with van der Waals surface area (Å²) < 4.78 is 18.8. The minimum Gasteiger partial charge on any atom is -0.457 e. The molecule has 8 heteroatoms. The number of ketones is 1. The molecule has 0 spiro atoms. The lowest BCUT2D eigenvalue weighted by Gasteiger charge is -2.16. The van der Waals surface area contributed by atoms with Crippen LogP contribution >= 0.6 is 0 Å². The lowest BCUT2D eigenvalue weighted by Crippen LogP contribution is -2.42. The molecular weight excluding hydrogens is 435 g/mol. The Hall–Kier alpha value is -4.33. The van der Waals surface area contributed by atoms with Crippen LogP contribution in [0.5, 0.6) is 11.5 Å². The van der Waals surface area contributed by atoms with Crippen molar-refractivity contribution >= 4 is 11.7 Å². The van der Waals surface area contributed by atoms with E-state index in [1.165, 1.54) is 25.4 Å². The third kappa shape index (κ3) is 6.13. The van der Waals surface area contributed by atoms with E-state index in [1.54, 1.807) is 36.5 Å². The van der Waals surface area contributed by atoms with Crippen molar-refractivity contribution in [3.63, 3.8) is 0 Å². The molecule has 0 aliphatic heterocycles. The molecule has 2 aromatic heterocycles. The minimum absolute atomic E-state index is 0.0820. The summed E-state index contributed by atoms with van der Waals surface area (Å²) in [6, 6.07) is 18.0. The summed E-state index contributed by atoms with van der Waals surface area (Å²) in [5.74, 6) is 0.409. The second kappa shape index (κ2) is 10.5. The predicted molar refractivity (Wildman–Crippen MR) is 125 cm³/mol. The Bertz CT molecular complexity index is 1260. The number of aromatic amines is 1. The van der Waals surface area contributed by atoms with Crippen LogP contribution in [0, 0.1) is 5.82 Å². The topological polar surface area (TPSA) is 97.0 Å². The van der Waals surface area contributed by atoms with Crippen molar-refractivity contribution < 1.29 is 18.7 Å². The van der Waals surface area contributed by atoms with Crippen LogP contribution in [0.25, 0.3) is 11.3 Å². The van der Waals surface area contributed by atoms with Crippen LogP contribution in [0.3, 0.4) is 0 Å². The monoisotopic (exact) mass is 458 g/mol. The van der Waals surface area contributed by atoms with Crippen molar-refractivity contribution in [2.24, 2.45) is 0 Å². The molecule has 0 saturated carbocycles. The van der Waals surface area contributed by atoms with Crippen LogP contribution in [0.1, 0.15) is 18.3 Å². The van der Waals surface area contributed by atoms with Crippen molar-refractivity contribution in [1.29, 1.82) is 0 Å². The molecule has 2 heterocycles. The first kappa shape index (κ1) is 22.8. The van der Waals surface area contributed by atoms with Crippen molar-refractivity contribution in [2.45, 2.75) is 25.8 Å². The molecule has 0 unspecified atom stereocenters. The van der Waals surface area contributed by atoms with Gasteiger partial charge in [-0.3, -0.25) is 14.6 Å². The molecule has 0 saturated heterocycles. The summed E-state index contributed by atoms with van der Waals surface area (Å²) >= 11 is 0. The summed E-state index contributed by atoms with van der Waals surface area (Å²) in [6.07, 6.45) is 3.57. The zero-order valence-corrected chi connectivity index (χ0v) is 18.5. The van der Waals surface area contributed by atoms with E-state index in [0.717, 1.165) is 11.3 Å². The first-order valence-corrected chi connectivity index (χ1v) is 10.7. The zero-order valence-electron chi connectivity index (χ0n) is 18.5. The largest absolute Gasteiger partial charge is 0.457 e. The van der Waals surface area contributed by atoms with Crippen LogP contribution in [-0.4, -0.2) is 32.7 Å². The zero-order chi connectivity index (χ0) is 23.9. The number of rotatable bonds is 9. The van der Waals surface area contributed by atoms with Gasteiger partial charge in [0.15, 0.2) is 5.78 Å². The van der Waals surface area contributed by atoms with Crippen LogP contribution in [0.4, 0.5) is 4.39 Å². The third-order valence-corrected chi connectivity index (χ3v) is 5.11. The maximum absolute atomic E-state index is 13.1. The van der Waals surface area contributed by atoms with Gasteiger partial charge in [-0.2, -0.15) is 0 Å². The molecule has 1 atom stereocenters. The van der Waals surface area contributed by atoms with Gasteiger partial charge in [0.1, 0.15) is 17.3 Å². The molecule has 2 N–H and O–H groups in total. The molecule has 4 aromatic rings. The van der Waals surface area contributed by atoms with Crippen molar-refractivity contribution in [2.75, 3.05) is 0 Å². The van der Waals surface area contributed by atoms with E-state index in [2.05, 4.69) is 20.3 Å². The molecule has 7 nitrogen and oxygen atoms in total. The first-order chi connectivity index (χ1) is 16.5. The quantitative estimate of drug-likeness (QED) is 0.391. The molecular formula is C26H23FN4O3. The lowest BCUT2D eigenvalue weighted by molar-refractivity contribution is -0.126. The number of pyridine rings is 1. The average molecular weight is 458 g/mol. The number of benzene rings is 2. The molecule has 1 amide bonds. The number of halogens is 1. The van der Waals surface area contributed by atoms with Gasteiger partial charge < -0.3 is 15.0 Å². The van der Waals surface area contributed by atoms with Crippen LogP contribution in [0.15, 0.2) is 79.3 Å². The number of carbonyl (C=O) groups is 2. The van der Waals surface area contributed by atoms with E-state index in [9.17, 15) is 14.0 Å². The number of aromatic nitrogens is 3. The van der Waals surface area contributed by atoms with Gasteiger partial charge in [0.05, 0.1) is 24.5 Å². The molecule has 0 aliphatic rings. The van der Waals surface area contributed by atoms with Gasteiger partial charge in [-0.15, -0.1) is 0 Å². The van der Waals surface area contributed by atoms with Crippen LogP contribution in [0.2, 0.25) is 0 Å². The Morgan fingerprint density at radius 1 is 1.03 bits per heavy atom. The summed E-state index contributed by atoms with van der Waals surface area (Å²) in [5.41, 5.74) is 2.94. The molecule has 0 bridgehead atoms. The Kier molecular flexibility index (Phi) is 7.07. The number of nitrogens with one attached hydrogen (secondary N) is 2. The highest BCUT2D eigenvalue weighted by molar-refractivity contribution is 5.90. The fourth-order valence-corrected chi connectivity index (χ4v) is 3.48. The Labute approximate surface area is 196 Å². The van der Waals surface area contributed by atoms with E-state index in [4.69, 9.17) is 4.74 Å². The number of hydrogen-bond acceptors (Lipinski definition) is 5. The highest BCUT2D eigenvalue weighted by atomic mass is 19.1. The van der Waals surface area contributed by atoms with Crippen LogP contribution in [-0.2, 0) is 22.4 Å². The average Bonchev–Trinajstić information content (AvgIpc) is 3.34. The SMILES string of the molecule is CC(=O)N[C@@H](Cc1cnc[nH]1)C(=O)Cc1cccc(-c2ccc(Oc3ccc(F)cc3)cc2)n1. The number of imidazole rings is 1. The molecule has 0 aliphatic carbocycles. The number of nitrogens with zero attached hydrogens (tertiary/aromatic N) is 2. The Balaban J connectivity index is 1.44. The van der Waals surface area contributed by atoms with E-state index in [1.807, 2.05) is 24.3 Å². The van der Waals surface area contributed by atoms with E-state index >= 15 is 0 Å². The first-order valence-electron chi connectivity index (χ1n) is 10.7. The second-order valence-electron chi connectivity index (χ2n) is 7.77. The maximum atomic E-state index is 13.1. The normalized spacial score (nSPS) is 11.6. The fourth-order valence-electron chi connectivity index (χ4n) is 3.48. The van der Waals surface area contributed by atoms with E-state index < -0.39 is 6.04 Å². The minimum atomic E-state index is -0.675. The predicted octanol–water partition coefficient (Wildman–Crippen LogP) is 4.26. The Morgan fingerprint density at radius 3 is 2.38 bits per heavy atom. The highest BCUT2D eigenvalue weighted by Gasteiger charge is 2.21. The second-order valence-corrected chi connectivity index (χ2v) is 7.77. The summed E-state index contributed by atoms with van der Waals surface area (Å²) in [5, 5.41) is 2.71. The molecule has 2 aromatic carbocycles. The summed E-state index contributed by atoms with van der Waals surface area (Å²) in [7, 11) is 0.